The van der Waals surface area contributed by atoms with Gasteiger partial charge in [-0.05, 0) is 18.9 Å². The maximum atomic E-state index is 13.9. The number of benzene rings is 1. The first-order chi connectivity index (χ1) is 12.1. The predicted molar refractivity (Wildman–Crippen MR) is 91.4 cm³/mol. The number of halogens is 2. The second kappa shape index (κ2) is 6.57. The SMILES string of the molecule is O=c1c2nn(Cc3ccccc3F)c(Cl)c2cnn1C1CCOCC1. The average molecular weight is 363 g/mol. The summed E-state index contributed by atoms with van der Waals surface area (Å²) in [6, 6.07) is 6.41. The minimum absolute atomic E-state index is 0.00106. The molecule has 1 aliphatic heterocycles. The highest BCUT2D eigenvalue weighted by Crippen LogP contribution is 2.24. The number of rotatable bonds is 3. The molecule has 0 radical (unpaired) electrons. The monoisotopic (exact) mass is 362 g/mol. The van der Waals surface area contributed by atoms with E-state index in [1.54, 1.807) is 24.4 Å². The summed E-state index contributed by atoms with van der Waals surface area (Å²) in [6.07, 6.45) is 3.03. The summed E-state index contributed by atoms with van der Waals surface area (Å²) in [7, 11) is 0. The summed E-state index contributed by atoms with van der Waals surface area (Å²) in [4.78, 5) is 12.8. The highest BCUT2D eigenvalue weighted by Gasteiger charge is 2.21. The van der Waals surface area contributed by atoms with Crippen LogP contribution in [0.5, 0.6) is 0 Å². The molecular weight excluding hydrogens is 347 g/mol. The number of ether oxygens (including phenoxy) is 1. The van der Waals surface area contributed by atoms with E-state index < -0.39 is 0 Å². The Bertz CT molecular complexity index is 978. The van der Waals surface area contributed by atoms with Gasteiger partial charge in [-0.3, -0.25) is 4.79 Å². The summed E-state index contributed by atoms with van der Waals surface area (Å²) in [5, 5.41) is 9.34. The Morgan fingerprint density at radius 1 is 1.28 bits per heavy atom. The van der Waals surface area contributed by atoms with Crippen LogP contribution in [0.2, 0.25) is 5.15 Å². The lowest BCUT2D eigenvalue weighted by Gasteiger charge is -2.22. The molecule has 130 valence electrons. The van der Waals surface area contributed by atoms with E-state index in [0.717, 1.165) is 12.8 Å². The van der Waals surface area contributed by atoms with Gasteiger partial charge in [0.25, 0.3) is 5.56 Å². The van der Waals surface area contributed by atoms with E-state index in [2.05, 4.69) is 10.2 Å². The van der Waals surface area contributed by atoms with E-state index in [-0.39, 0.29) is 34.6 Å². The minimum Gasteiger partial charge on any atom is -0.381 e. The van der Waals surface area contributed by atoms with Crippen LogP contribution < -0.4 is 5.56 Å². The quantitative estimate of drug-likeness (QED) is 0.718. The van der Waals surface area contributed by atoms with E-state index in [9.17, 15) is 9.18 Å². The van der Waals surface area contributed by atoms with Crippen LogP contribution in [0.4, 0.5) is 4.39 Å². The molecule has 3 heterocycles. The highest BCUT2D eigenvalue weighted by molar-refractivity contribution is 6.34. The largest absolute Gasteiger partial charge is 0.381 e. The van der Waals surface area contributed by atoms with Crippen molar-refractivity contribution in [3.63, 3.8) is 0 Å². The van der Waals surface area contributed by atoms with Crippen LogP contribution in [0.15, 0.2) is 35.3 Å². The number of hydrogen-bond acceptors (Lipinski definition) is 4. The second-order valence-corrected chi connectivity index (χ2v) is 6.40. The van der Waals surface area contributed by atoms with Crippen molar-refractivity contribution in [3.05, 3.63) is 57.3 Å². The zero-order valence-corrected chi connectivity index (χ0v) is 14.1. The molecule has 0 N–H and O–H groups in total. The Morgan fingerprint density at radius 3 is 2.80 bits per heavy atom. The topological polar surface area (TPSA) is 61.9 Å². The van der Waals surface area contributed by atoms with Gasteiger partial charge in [0.2, 0.25) is 0 Å². The first-order valence-corrected chi connectivity index (χ1v) is 8.48. The van der Waals surface area contributed by atoms with Crippen LogP contribution in [-0.4, -0.2) is 32.8 Å². The van der Waals surface area contributed by atoms with Crippen LogP contribution in [0.1, 0.15) is 24.4 Å². The average Bonchev–Trinajstić information content (AvgIpc) is 2.95. The molecule has 1 aliphatic rings. The van der Waals surface area contributed by atoms with Gasteiger partial charge in [0.15, 0.2) is 5.52 Å². The molecule has 1 saturated heterocycles. The Morgan fingerprint density at radius 2 is 2.04 bits per heavy atom. The Labute approximate surface area is 147 Å². The van der Waals surface area contributed by atoms with Gasteiger partial charge in [-0.2, -0.15) is 10.2 Å². The zero-order chi connectivity index (χ0) is 17.4. The van der Waals surface area contributed by atoms with Gasteiger partial charge in [-0.1, -0.05) is 29.8 Å². The molecule has 8 heteroatoms. The van der Waals surface area contributed by atoms with Crippen LogP contribution in [0.3, 0.4) is 0 Å². The summed E-state index contributed by atoms with van der Waals surface area (Å²) in [6.45, 7) is 1.37. The number of nitrogens with zero attached hydrogens (tertiary/aromatic N) is 4. The van der Waals surface area contributed by atoms with Gasteiger partial charge in [0.05, 0.1) is 24.2 Å². The van der Waals surface area contributed by atoms with Gasteiger partial charge < -0.3 is 4.74 Å². The molecule has 0 saturated carbocycles. The van der Waals surface area contributed by atoms with Crippen molar-refractivity contribution in [2.45, 2.75) is 25.4 Å². The fraction of sp³-hybridized carbons (Fsp3) is 0.353. The lowest BCUT2D eigenvalue weighted by molar-refractivity contribution is 0.0650. The van der Waals surface area contributed by atoms with Crippen molar-refractivity contribution >= 4 is 22.5 Å². The van der Waals surface area contributed by atoms with Crippen molar-refractivity contribution in [2.24, 2.45) is 0 Å². The van der Waals surface area contributed by atoms with Gasteiger partial charge in [0, 0.05) is 18.8 Å². The van der Waals surface area contributed by atoms with E-state index in [0.29, 0.717) is 24.2 Å². The molecule has 1 fully saturated rings. The molecule has 2 aromatic heterocycles. The smallest absolute Gasteiger partial charge is 0.295 e. The van der Waals surface area contributed by atoms with E-state index in [4.69, 9.17) is 16.3 Å². The van der Waals surface area contributed by atoms with E-state index in [1.807, 2.05) is 0 Å². The second-order valence-electron chi connectivity index (χ2n) is 6.04. The zero-order valence-electron chi connectivity index (χ0n) is 13.4. The van der Waals surface area contributed by atoms with E-state index in [1.165, 1.54) is 15.4 Å². The number of fused-ring (bicyclic) bond motifs is 1. The van der Waals surface area contributed by atoms with Crippen molar-refractivity contribution in [3.8, 4) is 0 Å². The predicted octanol–water partition coefficient (Wildman–Crippen LogP) is 2.79. The maximum absolute atomic E-state index is 13.9. The minimum atomic E-state index is -0.337. The third-order valence-electron chi connectivity index (χ3n) is 4.46. The van der Waals surface area contributed by atoms with Crippen molar-refractivity contribution in [1.29, 1.82) is 0 Å². The van der Waals surface area contributed by atoms with Crippen LogP contribution in [-0.2, 0) is 11.3 Å². The molecule has 0 unspecified atom stereocenters. The lowest BCUT2D eigenvalue weighted by atomic mass is 10.1. The molecular formula is C17H16ClFN4O2. The molecule has 0 aliphatic carbocycles. The summed E-state index contributed by atoms with van der Waals surface area (Å²) < 4.78 is 22.1. The van der Waals surface area contributed by atoms with Crippen molar-refractivity contribution < 1.29 is 9.13 Å². The Hall–Kier alpha value is -2.25. The van der Waals surface area contributed by atoms with Gasteiger partial charge in [0.1, 0.15) is 11.0 Å². The molecule has 1 aromatic carbocycles. The highest BCUT2D eigenvalue weighted by atomic mass is 35.5. The first-order valence-electron chi connectivity index (χ1n) is 8.10. The number of hydrogen-bond donors (Lipinski definition) is 0. The molecule has 0 amide bonds. The third kappa shape index (κ3) is 2.94. The lowest BCUT2D eigenvalue weighted by Crippen LogP contribution is -2.31. The van der Waals surface area contributed by atoms with Crippen LogP contribution in [0, 0.1) is 5.82 Å². The summed E-state index contributed by atoms with van der Waals surface area (Å²) >= 11 is 6.34. The molecule has 0 atom stereocenters. The van der Waals surface area contributed by atoms with Crippen molar-refractivity contribution in [2.75, 3.05) is 13.2 Å². The molecule has 4 rings (SSSR count). The molecule has 6 nitrogen and oxygen atoms in total. The third-order valence-corrected chi connectivity index (χ3v) is 4.86. The van der Waals surface area contributed by atoms with E-state index >= 15 is 0 Å². The maximum Gasteiger partial charge on any atom is 0.295 e. The fourth-order valence-electron chi connectivity index (χ4n) is 3.09. The Kier molecular flexibility index (Phi) is 4.27. The molecule has 3 aromatic rings. The van der Waals surface area contributed by atoms with Crippen molar-refractivity contribution in [1.82, 2.24) is 19.6 Å². The van der Waals surface area contributed by atoms with Crippen LogP contribution in [0.25, 0.3) is 10.9 Å². The first kappa shape index (κ1) is 16.2. The van der Waals surface area contributed by atoms with Crippen LogP contribution >= 0.6 is 11.6 Å². The normalized spacial score (nSPS) is 15.8. The van der Waals surface area contributed by atoms with Gasteiger partial charge >= 0.3 is 0 Å². The molecule has 25 heavy (non-hydrogen) atoms. The summed E-state index contributed by atoms with van der Waals surface area (Å²) in [5.74, 6) is -0.337. The summed E-state index contributed by atoms with van der Waals surface area (Å²) in [5.41, 5.74) is 0.427. The molecule has 0 bridgehead atoms. The fourth-order valence-corrected chi connectivity index (χ4v) is 3.33. The standard InChI is InChI=1S/C17H16ClFN4O2/c18-16-13-9-20-23(12-5-7-25-8-6-12)17(24)15(13)21-22(16)10-11-3-1-2-4-14(11)19/h1-4,9,12H,5-8,10H2. The van der Waals surface area contributed by atoms with Gasteiger partial charge in [-0.25, -0.2) is 13.8 Å². The Balaban J connectivity index is 1.75. The van der Waals surface area contributed by atoms with Gasteiger partial charge in [-0.15, -0.1) is 0 Å². The number of aromatic nitrogens is 4. The molecule has 0 spiro atoms.